The van der Waals surface area contributed by atoms with Gasteiger partial charge in [0.15, 0.2) is 18.1 Å². The first-order valence-corrected chi connectivity index (χ1v) is 7.80. The Labute approximate surface area is 145 Å². The number of aryl methyl sites for hydroxylation is 1. The van der Waals surface area contributed by atoms with Crippen LogP contribution in [0.2, 0.25) is 5.02 Å². The Morgan fingerprint density at radius 2 is 2.00 bits per heavy atom. The zero-order valence-corrected chi connectivity index (χ0v) is 14.5. The van der Waals surface area contributed by atoms with Crippen molar-refractivity contribution in [3.8, 4) is 11.5 Å². The van der Waals surface area contributed by atoms with Gasteiger partial charge in [0.25, 0.3) is 5.91 Å². The molecule has 1 amide bonds. The van der Waals surface area contributed by atoms with Gasteiger partial charge in [-0.2, -0.15) is 0 Å². The standard InChI is InChI=1S/C18H19ClFNO3/c1-11-4-7-16(17(8-11)23-3)24-10-18(22)21-12(2)13-5-6-15(20)14(19)9-13/h4-9,12H,10H2,1-3H3,(H,21,22). The second kappa shape index (κ2) is 8.02. The number of carbonyl (C=O) groups excluding carboxylic acids is 1. The summed E-state index contributed by atoms with van der Waals surface area (Å²) in [5.74, 6) is 0.274. The van der Waals surface area contributed by atoms with E-state index in [0.717, 1.165) is 5.56 Å². The predicted octanol–water partition coefficient (Wildman–Crippen LogP) is 4.05. The van der Waals surface area contributed by atoms with Crippen molar-refractivity contribution in [2.24, 2.45) is 0 Å². The molecule has 1 atom stereocenters. The molecule has 0 aliphatic carbocycles. The minimum atomic E-state index is -0.492. The Hall–Kier alpha value is -2.27. The molecule has 0 spiro atoms. The smallest absolute Gasteiger partial charge is 0.258 e. The number of nitrogens with one attached hydrogen (secondary N) is 1. The van der Waals surface area contributed by atoms with Crippen LogP contribution in [0.15, 0.2) is 36.4 Å². The van der Waals surface area contributed by atoms with Gasteiger partial charge in [0.1, 0.15) is 5.82 Å². The fraction of sp³-hybridized carbons (Fsp3) is 0.278. The number of halogens is 2. The summed E-state index contributed by atoms with van der Waals surface area (Å²) < 4.78 is 23.9. The summed E-state index contributed by atoms with van der Waals surface area (Å²) in [6.07, 6.45) is 0. The van der Waals surface area contributed by atoms with E-state index >= 15 is 0 Å². The van der Waals surface area contributed by atoms with Crippen LogP contribution in [-0.4, -0.2) is 19.6 Å². The van der Waals surface area contributed by atoms with E-state index in [1.807, 2.05) is 19.1 Å². The second-order valence-electron chi connectivity index (χ2n) is 5.41. The zero-order chi connectivity index (χ0) is 17.7. The van der Waals surface area contributed by atoms with Gasteiger partial charge < -0.3 is 14.8 Å². The van der Waals surface area contributed by atoms with Crippen LogP contribution in [0.4, 0.5) is 4.39 Å². The van der Waals surface area contributed by atoms with E-state index in [9.17, 15) is 9.18 Å². The van der Waals surface area contributed by atoms with Gasteiger partial charge in [-0.25, -0.2) is 4.39 Å². The Morgan fingerprint density at radius 3 is 2.67 bits per heavy atom. The molecule has 6 heteroatoms. The van der Waals surface area contributed by atoms with Gasteiger partial charge >= 0.3 is 0 Å². The molecule has 0 saturated heterocycles. The molecular formula is C18H19ClFNO3. The first-order valence-electron chi connectivity index (χ1n) is 7.42. The Kier molecular flexibility index (Phi) is 6.04. The summed E-state index contributed by atoms with van der Waals surface area (Å²) in [6.45, 7) is 3.57. The third-order valence-electron chi connectivity index (χ3n) is 3.50. The molecule has 0 aromatic heterocycles. The number of ether oxygens (including phenoxy) is 2. The molecule has 2 rings (SSSR count). The van der Waals surface area contributed by atoms with Gasteiger partial charge in [0.2, 0.25) is 0 Å². The van der Waals surface area contributed by atoms with Crippen molar-refractivity contribution in [3.63, 3.8) is 0 Å². The quantitative estimate of drug-likeness (QED) is 0.854. The number of hydrogen-bond acceptors (Lipinski definition) is 3. The molecule has 4 nitrogen and oxygen atoms in total. The fourth-order valence-electron chi connectivity index (χ4n) is 2.19. The molecule has 0 heterocycles. The van der Waals surface area contributed by atoms with Gasteiger partial charge in [-0.15, -0.1) is 0 Å². The normalized spacial score (nSPS) is 11.7. The minimum absolute atomic E-state index is 0.0224. The summed E-state index contributed by atoms with van der Waals surface area (Å²) >= 11 is 5.76. The van der Waals surface area contributed by atoms with E-state index in [4.69, 9.17) is 21.1 Å². The third kappa shape index (κ3) is 4.61. The maximum Gasteiger partial charge on any atom is 0.258 e. The van der Waals surface area contributed by atoms with Crippen molar-refractivity contribution in [2.45, 2.75) is 19.9 Å². The van der Waals surface area contributed by atoms with Crippen molar-refractivity contribution >= 4 is 17.5 Å². The molecule has 0 aliphatic rings. The Bertz CT molecular complexity index is 736. The van der Waals surface area contributed by atoms with Crippen molar-refractivity contribution < 1.29 is 18.7 Å². The van der Waals surface area contributed by atoms with Crippen LogP contribution in [0.1, 0.15) is 24.1 Å². The highest BCUT2D eigenvalue weighted by molar-refractivity contribution is 6.30. The predicted molar refractivity (Wildman–Crippen MR) is 91.2 cm³/mol. The lowest BCUT2D eigenvalue weighted by molar-refractivity contribution is -0.123. The molecule has 1 N–H and O–H groups in total. The number of carbonyl (C=O) groups is 1. The van der Waals surface area contributed by atoms with Gasteiger partial charge in [-0.3, -0.25) is 4.79 Å². The number of methoxy groups -OCH3 is 1. The summed E-state index contributed by atoms with van der Waals surface area (Å²) in [7, 11) is 1.54. The Balaban J connectivity index is 1.94. The highest BCUT2D eigenvalue weighted by atomic mass is 35.5. The van der Waals surface area contributed by atoms with Crippen LogP contribution in [-0.2, 0) is 4.79 Å². The van der Waals surface area contributed by atoms with Gasteiger partial charge in [0, 0.05) is 0 Å². The fourth-order valence-corrected chi connectivity index (χ4v) is 2.37. The lowest BCUT2D eigenvalue weighted by Gasteiger charge is -2.16. The van der Waals surface area contributed by atoms with E-state index in [1.54, 1.807) is 26.2 Å². The number of benzene rings is 2. The molecule has 1 unspecified atom stereocenters. The van der Waals surface area contributed by atoms with Gasteiger partial charge in [-0.05, 0) is 49.2 Å². The van der Waals surface area contributed by atoms with Crippen LogP contribution < -0.4 is 14.8 Å². The van der Waals surface area contributed by atoms with Crippen molar-refractivity contribution in [1.82, 2.24) is 5.32 Å². The van der Waals surface area contributed by atoms with Crippen molar-refractivity contribution in [2.75, 3.05) is 13.7 Å². The van der Waals surface area contributed by atoms with Crippen LogP contribution in [0.25, 0.3) is 0 Å². The average molecular weight is 352 g/mol. The van der Waals surface area contributed by atoms with E-state index in [-0.39, 0.29) is 23.6 Å². The van der Waals surface area contributed by atoms with Crippen molar-refractivity contribution in [1.29, 1.82) is 0 Å². The molecule has 2 aromatic carbocycles. The maximum absolute atomic E-state index is 13.2. The average Bonchev–Trinajstić information content (AvgIpc) is 2.55. The SMILES string of the molecule is COc1cc(C)ccc1OCC(=O)NC(C)c1ccc(F)c(Cl)c1. The van der Waals surface area contributed by atoms with Crippen LogP contribution in [0, 0.1) is 12.7 Å². The Morgan fingerprint density at radius 1 is 1.25 bits per heavy atom. The van der Waals surface area contributed by atoms with Crippen LogP contribution in [0.5, 0.6) is 11.5 Å². The van der Waals surface area contributed by atoms with E-state index in [0.29, 0.717) is 17.1 Å². The molecule has 0 bridgehead atoms. The number of hydrogen-bond donors (Lipinski definition) is 1. The zero-order valence-electron chi connectivity index (χ0n) is 13.7. The maximum atomic E-state index is 13.2. The summed E-state index contributed by atoms with van der Waals surface area (Å²) in [4.78, 5) is 12.0. The van der Waals surface area contributed by atoms with Crippen LogP contribution >= 0.6 is 11.6 Å². The summed E-state index contributed by atoms with van der Waals surface area (Å²) in [5, 5.41) is 2.80. The number of rotatable bonds is 6. The largest absolute Gasteiger partial charge is 0.493 e. The molecule has 24 heavy (non-hydrogen) atoms. The van der Waals surface area contributed by atoms with Crippen molar-refractivity contribution in [3.05, 3.63) is 58.4 Å². The topological polar surface area (TPSA) is 47.6 Å². The lowest BCUT2D eigenvalue weighted by Crippen LogP contribution is -2.31. The molecule has 0 radical (unpaired) electrons. The number of amides is 1. The molecule has 0 aliphatic heterocycles. The lowest BCUT2D eigenvalue weighted by atomic mass is 10.1. The first-order chi connectivity index (χ1) is 11.4. The third-order valence-corrected chi connectivity index (χ3v) is 3.79. The van der Waals surface area contributed by atoms with Gasteiger partial charge in [-0.1, -0.05) is 23.7 Å². The highest BCUT2D eigenvalue weighted by Crippen LogP contribution is 2.27. The summed E-state index contributed by atoms with van der Waals surface area (Å²) in [6, 6.07) is 9.48. The molecule has 2 aromatic rings. The molecular weight excluding hydrogens is 333 g/mol. The minimum Gasteiger partial charge on any atom is -0.493 e. The second-order valence-corrected chi connectivity index (χ2v) is 5.81. The van der Waals surface area contributed by atoms with E-state index < -0.39 is 5.82 Å². The first kappa shape index (κ1) is 18.1. The highest BCUT2D eigenvalue weighted by Gasteiger charge is 2.13. The molecule has 0 fully saturated rings. The summed E-state index contributed by atoms with van der Waals surface area (Å²) in [5.41, 5.74) is 1.74. The molecule has 128 valence electrons. The van der Waals surface area contributed by atoms with E-state index in [1.165, 1.54) is 12.1 Å². The van der Waals surface area contributed by atoms with E-state index in [2.05, 4.69) is 5.32 Å². The van der Waals surface area contributed by atoms with Crippen LogP contribution in [0.3, 0.4) is 0 Å². The van der Waals surface area contributed by atoms with Gasteiger partial charge in [0.05, 0.1) is 18.2 Å². The molecule has 0 saturated carbocycles. The monoisotopic (exact) mass is 351 g/mol.